The predicted molar refractivity (Wildman–Crippen MR) is 69.6 cm³/mol. The Labute approximate surface area is 115 Å². The lowest BCUT2D eigenvalue weighted by Crippen LogP contribution is -2.14. The molecule has 0 unspecified atom stereocenters. The third-order valence-electron chi connectivity index (χ3n) is 1.82. The van der Waals surface area contributed by atoms with Crippen LogP contribution >= 0.6 is 35.6 Å². The summed E-state index contributed by atoms with van der Waals surface area (Å²) in [6.45, 7) is 0.358. The fraction of sp³-hybridized carbons (Fsp3) is 0.300. The minimum atomic E-state index is -0.602. The molecule has 0 fully saturated rings. The second kappa shape index (κ2) is 7.61. The molecule has 0 radical (unpaired) electrons. The van der Waals surface area contributed by atoms with Gasteiger partial charge in [-0.1, -0.05) is 23.2 Å². The topological polar surface area (TPSA) is 61.5 Å². The van der Waals surface area contributed by atoms with Crippen molar-refractivity contribution in [1.29, 1.82) is 0 Å². The first kappa shape index (κ1) is 16.3. The van der Waals surface area contributed by atoms with Crippen molar-refractivity contribution >= 4 is 41.6 Å². The number of carbonyl (C=O) groups is 1. The standard InChI is InChI=1S/C10H11Cl2NO3.ClH/c1-15-9-7(12)3-2-6(11)8(9)10(14)16-5-4-13;/h2-3H,4-5,13H2,1H3;1H. The van der Waals surface area contributed by atoms with Gasteiger partial charge in [0.15, 0.2) is 5.75 Å². The number of hydrogen-bond donors (Lipinski definition) is 1. The molecule has 0 bridgehead atoms. The summed E-state index contributed by atoms with van der Waals surface area (Å²) in [6.07, 6.45) is 0. The van der Waals surface area contributed by atoms with E-state index < -0.39 is 5.97 Å². The molecule has 1 aromatic carbocycles. The number of ether oxygens (including phenoxy) is 2. The molecule has 0 aromatic heterocycles. The average molecular weight is 301 g/mol. The largest absolute Gasteiger partial charge is 0.494 e. The van der Waals surface area contributed by atoms with E-state index in [1.54, 1.807) is 6.07 Å². The molecule has 0 atom stereocenters. The minimum absolute atomic E-state index is 0. The van der Waals surface area contributed by atoms with Crippen molar-refractivity contribution in [2.24, 2.45) is 5.73 Å². The first-order chi connectivity index (χ1) is 7.61. The first-order valence-electron chi connectivity index (χ1n) is 4.51. The van der Waals surface area contributed by atoms with Crippen LogP contribution in [0.3, 0.4) is 0 Å². The lowest BCUT2D eigenvalue weighted by atomic mass is 10.2. The summed E-state index contributed by atoms with van der Waals surface area (Å²) in [4.78, 5) is 11.7. The number of methoxy groups -OCH3 is 1. The van der Waals surface area contributed by atoms with Gasteiger partial charge >= 0.3 is 5.97 Å². The highest BCUT2D eigenvalue weighted by molar-refractivity contribution is 6.37. The van der Waals surface area contributed by atoms with Crippen LogP contribution in [0.15, 0.2) is 12.1 Å². The lowest BCUT2D eigenvalue weighted by Gasteiger charge is -2.11. The molecule has 0 aliphatic heterocycles. The van der Waals surface area contributed by atoms with E-state index in [-0.39, 0.29) is 41.9 Å². The number of halogens is 3. The first-order valence-corrected chi connectivity index (χ1v) is 5.26. The molecule has 1 aromatic rings. The van der Waals surface area contributed by atoms with Gasteiger partial charge in [0.25, 0.3) is 0 Å². The maximum absolute atomic E-state index is 11.7. The van der Waals surface area contributed by atoms with Crippen LogP contribution in [0.4, 0.5) is 0 Å². The molecule has 0 aliphatic carbocycles. The molecule has 0 spiro atoms. The molecular formula is C10H12Cl3NO3. The Bertz CT molecular complexity index is 399. The Hall–Kier alpha value is -0.680. The molecule has 0 aliphatic rings. The average Bonchev–Trinajstić information content (AvgIpc) is 2.28. The Morgan fingerprint density at radius 2 is 1.94 bits per heavy atom. The molecule has 96 valence electrons. The third kappa shape index (κ3) is 3.92. The summed E-state index contributed by atoms with van der Waals surface area (Å²) >= 11 is 11.7. The van der Waals surface area contributed by atoms with Crippen molar-refractivity contribution < 1.29 is 14.3 Å². The fourth-order valence-corrected chi connectivity index (χ4v) is 1.61. The van der Waals surface area contributed by atoms with Gasteiger partial charge in [-0.2, -0.15) is 0 Å². The second-order valence-corrected chi connectivity index (χ2v) is 3.68. The zero-order valence-corrected chi connectivity index (χ0v) is 11.4. The number of benzene rings is 1. The van der Waals surface area contributed by atoms with Crippen LogP contribution in [-0.2, 0) is 4.74 Å². The second-order valence-electron chi connectivity index (χ2n) is 2.86. The summed E-state index contributed by atoms with van der Waals surface area (Å²) in [7, 11) is 1.40. The van der Waals surface area contributed by atoms with Gasteiger partial charge in [0, 0.05) is 6.54 Å². The normalized spacial score (nSPS) is 9.41. The minimum Gasteiger partial charge on any atom is -0.494 e. The van der Waals surface area contributed by atoms with Crippen molar-refractivity contribution in [2.45, 2.75) is 0 Å². The van der Waals surface area contributed by atoms with Crippen molar-refractivity contribution in [2.75, 3.05) is 20.3 Å². The molecule has 0 amide bonds. The van der Waals surface area contributed by atoms with Gasteiger partial charge in [-0.3, -0.25) is 0 Å². The molecular weight excluding hydrogens is 288 g/mol. The summed E-state index contributed by atoms with van der Waals surface area (Å²) in [5, 5.41) is 0.523. The third-order valence-corrected chi connectivity index (χ3v) is 2.43. The lowest BCUT2D eigenvalue weighted by molar-refractivity contribution is 0.0513. The summed E-state index contributed by atoms with van der Waals surface area (Å²) in [5.41, 5.74) is 5.34. The molecule has 1 rings (SSSR count). The summed E-state index contributed by atoms with van der Waals surface area (Å²) < 4.78 is 9.88. The zero-order valence-electron chi connectivity index (χ0n) is 9.04. The van der Waals surface area contributed by atoms with Crippen LogP contribution in [0.25, 0.3) is 0 Å². The predicted octanol–water partition coefficient (Wildman–Crippen LogP) is 2.54. The summed E-state index contributed by atoms with van der Waals surface area (Å²) in [6, 6.07) is 3.05. The Balaban J connectivity index is 0.00000256. The van der Waals surface area contributed by atoms with Crippen molar-refractivity contribution in [1.82, 2.24) is 0 Å². The maximum Gasteiger partial charge on any atom is 0.343 e. The van der Waals surface area contributed by atoms with Crippen molar-refractivity contribution in [3.8, 4) is 5.75 Å². The van der Waals surface area contributed by atoms with Gasteiger partial charge in [-0.25, -0.2) is 4.79 Å². The molecule has 17 heavy (non-hydrogen) atoms. The molecule has 7 heteroatoms. The van der Waals surface area contributed by atoms with Gasteiger partial charge in [0.05, 0.1) is 17.2 Å². The highest BCUT2D eigenvalue weighted by Crippen LogP contribution is 2.34. The number of carbonyl (C=O) groups excluding carboxylic acids is 1. The number of hydrogen-bond acceptors (Lipinski definition) is 4. The maximum atomic E-state index is 11.7. The highest BCUT2D eigenvalue weighted by Gasteiger charge is 2.20. The smallest absolute Gasteiger partial charge is 0.343 e. The number of nitrogens with two attached hydrogens (primary N) is 1. The number of esters is 1. The van der Waals surface area contributed by atoms with E-state index in [1.165, 1.54) is 13.2 Å². The summed E-state index contributed by atoms with van der Waals surface area (Å²) in [5.74, 6) is -0.397. The van der Waals surface area contributed by atoms with E-state index in [1.807, 2.05) is 0 Å². The monoisotopic (exact) mass is 299 g/mol. The Morgan fingerprint density at radius 3 is 2.47 bits per heavy atom. The van der Waals surface area contributed by atoms with Gasteiger partial charge in [0.1, 0.15) is 12.2 Å². The van der Waals surface area contributed by atoms with E-state index in [9.17, 15) is 4.79 Å². The van der Waals surface area contributed by atoms with Crippen LogP contribution < -0.4 is 10.5 Å². The van der Waals surface area contributed by atoms with Crippen LogP contribution in [-0.4, -0.2) is 26.2 Å². The molecule has 0 heterocycles. The fourth-order valence-electron chi connectivity index (χ4n) is 1.15. The van der Waals surface area contributed by atoms with Crippen LogP contribution in [0.1, 0.15) is 10.4 Å². The van der Waals surface area contributed by atoms with E-state index in [0.29, 0.717) is 5.02 Å². The molecule has 0 saturated carbocycles. The van der Waals surface area contributed by atoms with Gasteiger partial charge in [0.2, 0.25) is 0 Å². The molecule has 4 nitrogen and oxygen atoms in total. The van der Waals surface area contributed by atoms with Crippen LogP contribution in [0, 0.1) is 0 Å². The van der Waals surface area contributed by atoms with Gasteiger partial charge < -0.3 is 15.2 Å². The van der Waals surface area contributed by atoms with E-state index in [0.717, 1.165) is 0 Å². The van der Waals surface area contributed by atoms with Crippen molar-refractivity contribution in [3.05, 3.63) is 27.7 Å². The SMILES string of the molecule is COc1c(Cl)ccc(Cl)c1C(=O)OCCN.Cl. The number of rotatable bonds is 4. The van der Waals surface area contributed by atoms with Gasteiger partial charge in [-0.15, -0.1) is 12.4 Å². The van der Waals surface area contributed by atoms with E-state index in [4.69, 9.17) is 38.4 Å². The van der Waals surface area contributed by atoms with Crippen LogP contribution in [0.5, 0.6) is 5.75 Å². The van der Waals surface area contributed by atoms with E-state index >= 15 is 0 Å². The quantitative estimate of drug-likeness (QED) is 0.868. The molecule has 2 N–H and O–H groups in total. The highest BCUT2D eigenvalue weighted by atomic mass is 35.5. The van der Waals surface area contributed by atoms with E-state index in [2.05, 4.69) is 0 Å². The van der Waals surface area contributed by atoms with Gasteiger partial charge in [-0.05, 0) is 12.1 Å². The molecule has 0 saturated heterocycles. The Morgan fingerprint density at radius 1 is 1.35 bits per heavy atom. The zero-order chi connectivity index (χ0) is 12.1. The van der Waals surface area contributed by atoms with Crippen molar-refractivity contribution in [3.63, 3.8) is 0 Å². The Kier molecular flexibility index (Phi) is 7.30. The van der Waals surface area contributed by atoms with Crippen LogP contribution in [0.2, 0.25) is 10.0 Å².